The Morgan fingerprint density at radius 2 is 1.41 bits per heavy atom. The van der Waals surface area contributed by atoms with E-state index in [0.717, 1.165) is 0 Å². The normalized spacial score (nSPS) is 26.8. The summed E-state index contributed by atoms with van der Waals surface area (Å²) in [6, 6.07) is 0. The van der Waals surface area contributed by atoms with Gasteiger partial charge in [0.15, 0.2) is 24.1 Å². The van der Waals surface area contributed by atoms with E-state index in [9.17, 15) is 9.59 Å². The Morgan fingerprint density at radius 1 is 1.00 bits per heavy atom. The molecule has 88 valence electrons. The fraction of sp³-hybridized carbons (Fsp3) is 0.167. The number of aldehydes is 2. The Hall–Kier alpha value is -2.30. The fourth-order valence-electron chi connectivity index (χ4n) is 1.49. The third kappa shape index (κ3) is 2.13. The highest BCUT2D eigenvalue weighted by Crippen LogP contribution is 2.28. The molecule has 0 aromatic heterocycles. The minimum atomic E-state index is -0.829. The van der Waals surface area contributed by atoms with Crippen LogP contribution in [0.25, 0.3) is 0 Å². The summed E-state index contributed by atoms with van der Waals surface area (Å²) in [5, 5.41) is 0. The molecule has 2 heterocycles. The highest BCUT2D eigenvalue weighted by Gasteiger charge is 2.30. The molecule has 0 amide bonds. The maximum absolute atomic E-state index is 10.7. The number of hydrogen-bond donors (Lipinski definition) is 0. The molecule has 0 saturated heterocycles. The second-order valence-electron chi connectivity index (χ2n) is 3.48. The van der Waals surface area contributed by atoms with Crippen molar-refractivity contribution in [3.05, 3.63) is 48.3 Å². The van der Waals surface area contributed by atoms with Crippen LogP contribution in [0.15, 0.2) is 48.3 Å². The zero-order valence-corrected chi connectivity index (χ0v) is 8.92. The van der Waals surface area contributed by atoms with Crippen molar-refractivity contribution in [3.8, 4) is 0 Å². The Labute approximate surface area is 97.6 Å². The third-order valence-corrected chi connectivity index (χ3v) is 2.21. The van der Waals surface area contributed by atoms with E-state index < -0.39 is 12.2 Å². The van der Waals surface area contributed by atoms with E-state index >= 15 is 0 Å². The molecule has 0 bridgehead atoms. The third-order valence-electron chi connectivity index (χ3n) is 2.21. The van der Waals surface area contributed by atoms with Crippen LogP contribution < -0.4 is 0 Å². The molecule has 5 nitrogen and oxygen atoms in total. The summed E-state index contributed by atoms with van der Waals surface area (Å²) in [5.74, 6) is 1.22. The van der Waals surface area contributed by atoms with Gasteiger partial charge < -0.3 is 14.2 Å². The summed E-state index contributed by atoms with van der Waals surface area (Å²) in [7, 11) is 0. The predicted octanol–water partition coefficient (Wildman–Crippen LogP) is 0.994. The molecule has 0 aromatic rings. The van der Waals surface area contributed by atoms with Gasteiger partial charge in [0.05, 0.1) is 0 Å². The van der Waals surface area contributed by atoms with Gasteiger partial charge in [0, 0.05) is 12.2 Å². The highest BCUT2D eigenvalue weighted by molar-refractivity contribution is 5.65. The van der Waals surface area contributed by atoms with Crippen LogP contribution in [-0.4, -0.2) is 24.8 Å². The molecule has 0 radical (unpaired) electrons. The van der Waals surface area contributed by atoms with Gasteiger partial charge in [0.2, 0.25) is 12.2 Å². The average Bonchev–Trinajstić information content (AvgIpc) is 2.82. The van der Waals surface area contributed by atoms with Crippen LogP contribution >= 0.6 is 0 Å². The Balaban J connectivity index is 2.16. The molecule has 0 fully saturated rings. The van der Waals surface area contributed by atoms with Gasteiger partial charge >= 0.3 is 0 Å². The molecule has 2 atom stereocenters. The first-order valence-corrected chi connectivity index (χ1v) is 4.87. The van der Waals surface area contributed by atoms with Gasteiger partial charge in [-0.2, -0.15) is 0 Å². The van der Waals surface area contributed by atoms with E-state index in [2.05, 4.69) is 13.2 Å². The summed E-state index contributed by atoms with van der Waals surface area (Å²) < 4.78 is 15.5. The molecule has 0 aromatic carbocycles. The van der Waals surface area contributed by atoms with E-state index in [0.29, 0.717) is 24.1 Å². The van der Waals surface area contributed by atoms with Crippen molar-refractivity contribution >= 4 is 12.6 Å². The van der Waals surface area contributed by atoms with Crippen LogP contribution in [0.5, 0.6) is 0 Å². The van der Waals surface area contributed by atoms with E-state index in [1.807, 2.05) is 0 Å². The maximum atomic E-state index is 10.7. The molecule has 5 heteroatoms. The molecule has 0 N–H and O–H groups in total. The van der Waals surface area contributed by atoms with Crippen LogP contribution in [0.2, 0.25) is 0 Å². The molecule has 17 heavy (non-hydrogen) atoms. The first-order valence-electron chi connectivity index (χ1n) is 4.87. The quantitative estimate of drug-likeness (QED) is 0.679. The topological polar surface area (TPSA) is 61.8 Å². The maximum Gasteiger partial charge on any atom is 0.211 e. The number of ether oxygens (including phenoxy) is 3. The number of carbonyl (C=O) groups is 2. The van der Waals surface area contributed by atoms with Crippen LogP contribution in [0.1, 0.15) is 0 Å². The molecule has 2 aliphatic rings. The first kappa shape index (κ1) is 11.2. The van der Waals surface area contributed by atoms with Gasteiger partial charge in [-0.05, 0) is 0 Å². The molecule has 0 saturated carbocycles. The standard InChI is InChI=1S/C12H10O5/c1-7-3-9(11(5-13)15-7)17-10-4-8(2)16-12(10)6-14/h3-6,11-12H,1-2H2. The summed E-state index contributed by atoms with van der Waals surface area (Å²) >= 11 is 0. The van der Waals surface area contributed by atoms with Gasteiger partial charge in [-0.15, -0.1) is 0 Å². The minimum Gasteiger partial charge on any atom is -0.475 e. The molecular weight excluding hydrogens is 224 g/mol. The number of carbonyl (C=O) groups excluding carboxylic acids is 2. The summed E-state index contributed by atoms with van der Waals surface area (Å²) in [6.45, 7) is 7.11. The zero-order valence-electron chi connectivity index (χ0n) is 8.92. The largest absolute Gasteiger partial charge is 0.475 e. The summed E-state index contributed by atoms with van der Waals surface area (Å²) in [4.78, 5) is 21.5. The molecular formula is C12H10O5. The van der Waals surface area contributed by atoms with Crippen molar-refractivity contribution in [1.82, 2.24) is 0 Å². The number of rotatable bonds is 4. The van der Waals surface area contributed by atoms with Gasteiger partial charge in [-0.3, -0.25) is 9.59 Å². The van der Waals surface area contributed by atoms with E-state index in [4.69, 9.17) is 14.2 Å². The first-order chi connectivity index (χ1) is 8.13. The molecule has 0 spiro atoms. The summed E-state index contributed by atoms with van der Waals surface area (Å²) in [6.07, 6.45) is 2.50. The summed E-state index contributed by atoms with van der Waals surface area (Å²) in [5.41, 5.74) is 0. The Bertz CT molecular complexity index is 416. The lowest BCUT2D eigenvalue weighted by Gasteiger charge is -2.12. The lowest BCUT2D eigenvalue weighted by molar-refractivity contribution is -0.115. The average molecular weight is 234 g/mol. The molecule has 2 aliphatic heterocycles. The molecule has 2 unspecified atom stereocenters. The lowest BCUT2D eigenvalue weighted by atomic mass is 10.3. The van der Waals surface area contributed by atoms with Crippen LogP contribution in [0.4, 0.5) is 0 Å². The van der Waals surface area contributed by atoms with Crippen molar-refractivity contribution in [3.63, 3.8) is 0 Å². The SMILES string of the molecule is C=C1C=C(OC2=CC(=C)OC2C=O)C(C=O)O1. The molecule has 2 rings (SSSR count). The number of allylic oxidation sites excluding steroid dienone is 2. The van der Waals surface area contributed by atoms with Crippen LogP contribution in [-0.2, 0) is 23.8 Å². The van der Waals surface area contributed by atoms with Crippen molar-refractivity contribution in [1.29, 1.82) is 0 Å². The van der Waals surface area contributed by atoms with Crippen molar-refractivity contribution in [2.75, 3.05) is 0 Å². The second kappa shape index (κ2) is 4.29. The van der Waals surface area contributed by atoms with E-state index in [1.165, 1.54) is 12.2 Å². The van der Waals surface area contributed by atoms with Crippen LogP contribution in [0, 0.1) is 0 Å². The van der Waals surface area contributed by atoms with Gasteiger partial charge in [-0.1, -0.05) is 13.2 Å². The van der Waals surface area contributed by atoms with Crippen molar-refractivity contribution in [2.45, 2.75) is 12.2 Å². The Kier molecular flexibility index (Phi) is 2.82. The van der Waals surface area contributed by atoms with Crippen molar-refractivity contribution < 1.29 is 23.8 Å². The Morgan fingerprint density at radius 3 is 1.76 bits per heavy atom. The smallest absolute Gasteiger partial charge is 0.211 e. The lowest BCUT2D eigenvalue weighted by Crippen LogP contribution is -2.18. The fourth-order valence-corrected chi connectivity index (χ4v) is 1.49. The van der Waals surface area contributed by atoms with Gasteiger partial charge in [0.25, 0.3) is 0 Å². The number of hydrogen-bond acceptors (Lipinski definition) is 5. The van der Waals surface area contributed by atoms with Gasteiger partial charge in [-0.25, -0.2) is 0 Å². The van der Waals surface area contributed by atoms with Crippen LogP contribution in [0.3, 0.4) is 0 Å². The van der Waals surface area contributed by atoms with E-state index in [-0.39, 0.29) is 11.5 Å². The zero-order chi connectivity index (χ0) is 12.4. The predicted molar refractivity (Wildman–Crippen MR) is 57.4 cm³/mol. The second-order valence-corrected chi connectivity index (χ2v) is 3.48. The molecule has 0 aliphatic carbocycles. The minimum absolute atomic E-state index is 0.279. The van der Waals surface area contributed by atoms with E-state index in [1.54, 1.807) is 0 Å². The van der Waals surface area contributed by atoms with Gasteiger partial charge in [0.1, 0.15) is 11.5 Å². The van der Waals surface area contributed by atoms with Crippen molar-refractivity contribution in [2.24, 2.45) is 0 Å². The highest BCUT2D eigenvalue weighted by atomic mass is 16.6. The monoisotopic (exact) mass is 234 g/mol.